The molecule has 3 heterocycles. The monoisotopic (exact) mass is 1220 g/mol. The van der Waals surface area contributed by atoms with Gasteiger partial charge in [-0.1, -0.05) is 120 Å². The summed E-state index contributed by atoms with van der Waals surface area (Å²) in [5.41, 5.74) is 18.8. The topological polar surface area (TPSA) is 383 Å². The van der Waals surface area contributed by atoms with Gasteiger partial charge in [0.15, 0.2) is 5.96 Å². The van der Waals surface area contributed by atoms with Gasteiger partial charge in [0.25, 0.3) is 0 Å². The molecule has 3 aliphatic rings. The number of hydrogen-bond acceptors (Lipinski definition) is 13. The first-order valence-electron chi connectivity index (χ1n) is 30.9. The maximum Gasteiger partial charge on any atom is 0.326 e. The third-order valence-electron chi connectivity index (χ3n) is 16.4. The number of nitrogens with one attached hydrogen (secondary N) is 6. The molecule has 0 radical (unpaired) electrons. The lowest BCUT2D eigenvalue weighted by Crippen LogP contribution is -2.61. The van der Waals surface area contributed by atoms with Crippen molar-refractivity contribution in [2.24, 2.45) is 34.0 Å². The molecule has 3 fully saturated rings. The Morgan fingerprint density at radius 1 is 0.568 bits per heavy atom. The number of aliphatic imine (C=N–C) groups is 1. The average molecular weight is 1220 g/mol. The Labute approximate surface area is 514 Å². The van der Waals surface area contributed by atoms with Crippen molar-refractivity contribution in [2.75, 3.05) is 32.8 Å². The van der Waals surface area contributed by atoms with Crippen LogP contribution in [0.25, 0.3) is 10.8 Å². The molecule has 0 aromatic heterocycles. The number of guanidine groups is 1. The summed E-state index contributed by atoms with van der Waals surface area (Å²) in [6.07, 6.45) is 4.46. The quantitative estimate of drug-likeness (QED) is 0.0242. The first kappa shape index (κ1) is 68.9. The molecule has 0 spiro atoms. The summed E-state index contributed by atoms with van der Waals surface area (Å²) < 4.78 is 0. The zero-order valence-electron chi connectivity index (χ0n) is 51.3. The lowest BCUT2D eigenvalue weighted by Gasteiger charge is -2.33. The van der Waals surface area contributed by atoms with Gasteiger partial charge < -0.3 is 74.0 Å². The molecule has 9 amide bonds. The molecule has 0 unspecified atom stereocenters. The smallest absolute Gasteiger partial charge is 0.326 e. The number of aliphatic hydroxyl groups excluding tert-OH is 1. The molecular weight excluding hydrogens is 1130 g/mol. The summed E-state index contributed by atoms with van der Waals surface area (Å²) >= 11 is 0. The van der Waals surface area contributed by atoms with Crippen LogP contribution in [0, 0.1) is 11.8 Å². The fourth-order valence-electron chi connectivity index (χ4n) is 11.7. The van der Waals surface area contributed by atoms with Crippen LogP contribution >= 0.6 is 0 Å². The predicted octanol–water partition coefficient (Wildman–Crippen LogP) is 0.857. The molecule has 10 atom stereocenters. The van der Waals surface area contributed by atoms with E-state index in [1.165, 1.54) is 14.7 Å². The van der Waals surface area contributed by atoms with Crippen molar-refractivity contribution in [3.63, 3.8) is 0 Å². The number of likely N-dealkylation sites (tertiary alicyclic amines) is 3. The van der Waals surface area contributed by atoms with Gasteiger partial charge in [0.1, 0.15) is 54.4 Å². The molecule has 3 aromatic rings. The number of nitrogens with two attached hydrogens (primary N) is 3. The molecule has 6 rings (SSSR count). The number of amides is 9. The Balaban J connectivity index is 1.19. The number of hydrogen-bond donors (Lipinski definition) is 11. The van der Waals surface area contributed by atoms with E-state index < -0.39 is 126 Å². The molecule has 88 heavy (non-hydrogen) atoms. The van der Waals surface area contributed by atoms with Crippen LogP contribution in [-0.2, 0) is 60.8 Å². The summed E-state index contributed by atoms with van der Waals surface area (Å²) in [6.45, 7) is 8.80. The van der Waals surface area contributed by atoms with E-state index in [2.05, 4.69) is 36.9 Å². The van der Waals surface area contributed by atoms with Crippen molar-refractivity contribution < 1.29 is 58.2 Å². The molecule has 0 aliphatic carbocycles. The maximum atomic E-state index is 14.7. The molecule has 3 aliphatic heterocycles. The molecule has 3 aromatic carbocycles. The van der Waals surface area contributed by atoms with Crippen molar-refractivity contribution in [3.8, 4) is 0 Å². The second kappa shape index (κ2) is 33.2. The molecule has 25 nitrogen and oxygen atoms in total. The first-order chi connectivity index (χ1) is 42.0. The van der Waals surface area contributed by atoms with Crippen LogP contribution in [0.4, 0.5) is 0 Å². The normalized spacial score (nSPS) is 19.0. The van der Waals surface area contributed by atoms with Crippen molar-refractivity contribution >= 4 is 75.9 Å². The van der Waals surface area contributed by atoms with Crippen molar-refractivity contribution in [1.29, 1.82) is 0 Å². The van der Waals surface area contributed by atoms with E-state index >= 15 is 0 Å². The molecule has 3 saturated heterocycles. The highest BCUT2D eigenvalue weighted by Crippen LogP contribution is 2.25. The molecule has 14 N–H and O–H groups in total. The zero-order valence-corrected chi connectivity index (χ0v) is 51.3. The molecule has 0 bridgehead atoms. The number of unbranched alkanes of at least 4 members (excludes halogenated alkanes) is 1. The summed E-state index contributed by atoms with van der Waals surface area (Å²) in [7, 11) is 0. The summed E-state index contributed by atoms with van der Waals surface area (Å²) in [5, 5.41) is 38.9. The number of carboxylic acids is 1. The van der Waals surface area contributed by atoms with Gasteiger partial charge in [-0.3, -0.25) is 48.1 Å². The fraction of sp³-hybridized carbons (Fsp3) is 0.571. The fourth-order valence-corrected chi connectivity index (χ4v) is 11.7. The Morgan fingerprint density at radius 2 is 1.09 bits per heavy atom. The number of rotatable bonds is 31. The molecular formula is C63H91N13O12. The standard InChI is InChI=1S/C63H91N13O12/c1-6-7-21-43(64)59(84)74-29-14-23-49(74)57(82)70-45(32-37(2)3)54(79)69-46(35-40-26-27-41-19-11-12-20-42(41)33-40)55(80)72-48(36-77)56(81)68-44(22-13-28-67-63(65)66)53(78)73-52(38(4)5)61(86)75-30-15-24-50(75)58(83)71-47(34-39-17-9-8-10-18-39)60(85)76-31-16-25-51(76)62(87)88/h8-12,17-20,26-27,33,37-38,43-52,77H,6-7,13-16,21-25,28-32,34-36,64H2,1-5H3,(H,68,81)(H,69,79)(H,70,82)(H,71,83)(H,72,80)(H,73,78)(H,87,88)(H4,65,66,67)/t43-,44-,45-,46-,47-,48-,49-,50-,51-,52-/m0/s1. The summed E-state index contributed by atoms with van der Waals surface area (Å²) in [5.74, 6) is -8.21. The van der Waals surface area contributed by atoms with Gasteiger partial charge >= 0.3 is 5.97 Å². The van der Waals surface area contributed by atoms with E-state index in [4.69, 9.17) is 17.2 Å². The second-order valence-electron chi connectivity index (χ2n) is 24.0. The van der Waals surface area contributed by atoms with Gasteiger partial charge in [0.2, 0.25) is 53.2 Å². The number of benzene rings is 3. The van der Waals surface area contributed by atoms with Gasteiger partial charge in [-0.2, -0.15) is 0 Å². The number of carbonyl (C=O) groups is 10. The summed E-state index contributed by atoms with van der Waals surface area (Å²) in [4.78, 5) is 149. The third kappa shape index (κ3) is 19.2. The van der Waals surface area contributed by atoms with E-state index in [0.29, 0.717) is 49.8 Å². The summed E-state index contributed by atoms with van der Waals surface area (Å²) in [6, 6.07) is 10.1. The maximum absolute atomic E-state index is 14.7. The van der Waals surface area contributed by atoms with Crippen LogP contribution in [0.2, 0.25) is 0 Å². The Kier molecular flexibility index (Phi) is 26.0. The number of fused-ring (bicyclic) bond motifs is 1. The van der Waals surface area contributed by atoms with E-state index in [1.807, 2.05) is 57.2 Å². The Hall–Kier alpha value is -8.19. The van der Waals surface area contributed by atoms with Crippen LogP contribution < -0.4 is 49.1 Å². The van der Waals surface area contributed by atoms with Crippen LogP contribution in [-0.4, -0.2) is 183 Å². The molecule has 0 saturated carbocycles. The van der Waals surface area contributed by atoms with Gasteiger partial charge in [0, 0.05) is 39.0 Å². The highest BCUT2D eigenvalue weighted by molar-refractivity contribution is 5.99. The van der Waals surface area contributed by atoms with E-state index in [-0.39, 0.29) is 82.4 Å². The third-order valence-corrected chi connectivity index (χ3v) is 16.4. The minimum absolute atomic E-state index is 0.0282. The Morgan fingerprint density at radius 3 is 1.68 bits per heavy atom. The van der Waals surface area contributed by atoms with Gasteiger partial charge in [-0.15, -0.1) is 0 Å². The van der Waals surface area contributed by atoms with Gasteiger partial charge in [-0.25, -0.2) is 4.79 Å². The number of carbonyl (C=O) groups excluding carboxylic acids is 9. The van der Waals surface area contributed by atoms with E-state index in [0.717, 1.165) is 23.6 Å². The minimum Gasteiger partial charge on any atom is -0.480 e. The average Bonchev–Trinajstić information content (AvgIpc) is 3.75. The van der Waals surface area contributed by atoms with Crippen LogP contribution in [0.1, 0.15) is 123 Å². The number of carboxylic acid groups (broad SMARTS) is 1. The lowest BCUT2D eigenvalue weighted by molar-refractivity contribution is -0.150. The number of aliphatic carboxylic acids is 1. The SMILES string of the molecule is CCCC[C@H](N)C(=O)N1CCC[C@H]1C(=O)N[C@@H](CC(C)C)C(=O)N[C@@H](Cc1ccc2ccccc2c1)C(=O)N[C@@H](CO)C(=O)N[C@@H](CCCN=C(N)N)C(=O)N[C@H](C(=O)N1CCC[C@H]1C(=O)N[C@@H](Cc1ccccc1)C(=O)N1CCC[C@H]1C(=O)O)C(C)C. The van der Waals surface area contributed by atoms with Gasteiger partial charge in [-0.05, 0) is 97.9 Å². The lowest BCUT2D eigenvalue weighted by atomic mass is 9.99. The van der Waals surface area contributed by atoms with Gasteiger partial charge in [0.05, 0.1) is 12.6 Å². The van der Waals surface area contributed by atoms with Crippen molar-refractivity contribution in [2.45, 2.75) is 185 Å². The number of nitrogens with zero attached hydrogens (tertiary/aromatic N) is 4. The second-order valence-corrected chi connectivity index (χ2v) is 24.0. The molecule has 480 valence electrons. The van der Waals surface area contributed by atoms with Crippen molar-refractivity contribution in [3.05, 3.63) is 83.9 Å². The van der Waals surface area contributed by atoms with E-state index in [9.17, 15) is 58.2 Å². The molecule has 25 heteroatoms. The van der Waals surface area contributed by atoms with E-state index in [1.54, 1.807) is 50.2 Å². The largest absolute Gasteiger partial charge is 0.480 e. The number of aliphatic hydroxyl groups is 1. The zero-order chi connectivity index (χ0) is 64.2. The van der Waals surface area contributed by atoms with Crippen LogP contribution in [0.5, 0.6) is 0 Å². The highest BCUT2D eigenvalue weighted by Gasteiger charge is 2.44. The van der Waals surface area contributed by atoms with Crippen LogP contribution in [0.15, 0.2) is 77.8 Å². The minimum atomic E-state index is -1.71. The van der Waals surface area contributed by atoms with Crippen LogP contribution in [0.3, 0.4) is 0 Å². The first-order valence-corrected chi connectivity index (χ1v) is 30.9. The Bertz CT molecular complexity index is 2960. The van der Waals surface area contributed by atoms with Crippen molar-refractivity contribution in [1.82, 2.24) is 46.6 Å². The predicted molar refractivity (Wildman–Crippen MR) is 330 cm³/mol. The highest BCUT2D eigenvalue weighted by atomic mass is 16.4.